The van der Waals surface area contributed by atoms with E-state index in [2.05, 4.69) is 28.4 Å². The fourth-order valence-corrected chi connectivity index (χ4v) is 4.09. The molecule has 0 aliphatic carbocycles. The van der Waals surface area contributed by atoms with Crippen molar-refractivity contribution in [1.82, 2.24) is 19.4 Å². The van der Waals surface area contributed by atoms with Crippen LogP contribution in [-0.2, 0) is 20.9 Å². The summed E-state index contributed by atoms with van der Waals surface area (Å²) in [5, 5.41) is 0. The van der Waals surface area contributed by atoms with Crippen LogP contribution in [0.2, 0.25) is 0 Å². The van der Waals surface area contributed by atoms with Gasteiger partial charge in [-0.3, -0.25) is 9.78 Å². The van der Waals surface area contributed by atoms with E-state index in [-0.39, 0.29) is 11.9 Å². The Morgan fingerprint density at radius 1 is 1.12 bits per heavy atom. The lowest BCUT2D eigenvalue weighted by Gasteiger charge is -2.27. The molecule has 2 aromatic heterocycles. The molecule has 0 fully saturated rings. The Bertz CT molecular complexity index is 862. The van der Waals surface area contributed by atoms with Gasteiger partial charge in [-0.05, 0) is 45.1 Å². The van der Waals surface area contributed by atoms with Gasteiger partial charge in [0, 0.05) is 26.2 Å². The van der Waals surface area contributed by atoms with Gasteiger partial charge in [0.15, 0.2) is 0 Å². The van der Waals surface area contributed by atoms with Crippen LogP contribution in [-0.4, -0.2) is 51.0 Å². The lowest BCUT2D eigenvalue weighted by atomic mass is 10.0. The van der Waals surface area contributed by atoms with Crippen LogP contribution >= 0.6 is 0 Å². The zero-order chi connectivity index (χ0) is 23.5. The van der Waals surface area contributed by atoms with Crippen molar-refractivity contribution < 1.29 is 14.3 Å². The molecule has 7 heteroatoms. The molecule has 0 aliphatic rings. The normalized spacial score (nSPS) is 12.3. The third kappa shape index (κ3) is 7.61. The van der Waals surface area contributed by atoms with Gasteiger partial charge in [-0.1, -0.05) is 39.5 Å². The summed E-state index contributed by atoms with van der Waals surface area (Å²) in [7, 11) is 1.73. The largest absolute Gasteiger partial charge is 0.464 e. The molecule has 0 unspecified atom stereocenters. The molecule has 32 heavy (non-hydrogen) atoms. The molecule has 1 atom stereocenters. The number of pyridine rings is 1. The molecule has 0 radical (unpaired) electrons. The maximum atomic E-state index is 12.6. The molecule has 0 aliphatic heterocycles. The summed E-state index contributed by atoms with van der Waals surface area (Å²) in [6.45, 7) is 9.25. The number of hydrogen-bond acceptors (Lipinski definition) is 5. The van der Waals surface area contributed by atoms with Crippen molar-refractivity contribution in [2.24, 2.45) is 5.92 Å². The minimum Gasteiger partial charge on any atom is -0.464 e. The van der Waals surface area contributed by atoms with E-state index >= 15 is 0 Å². The van der Waals surface area contributed by atoms with Gasteiger partial charge in [-0.25, -0.2) is 9.78 Å². The summed E-state index contributed by atoms with van der Waals surface area (Å²) in [5.41, 5.74) is 2.11. The molecule has 2 heterocycles. The van der Waals surface area contributed by atoms with Crippen LogP contribution in [0.1, 0.15) is 78.0 Å². The van der Waals surface area contributed by atoms with E-state index in [1.807, 2.05) is 25.4 Å². The topological polar surface area (TPSA) is 77.3 Å². The SMILES string of the molecule is CCOC(=O)[C@H](CC(C)C)N(C)C(=O)CCCCCCCCn1c(C)nc2cnccc21. The molecule has 0 saturated carbocycles. The van der Waals surface area contributed by atoms with Crippen LogP contribution in [0, 0.1) is 12.8 Å². The van der Waals surface area contributed by atoms with Gasteiger partial charge in [0.25, 0.3) is 0 Å². The number of nitrogens with zero attached hydrogens (tertiary/aromatic N) is 4. The van der Waals surface area contributed by atoms with E-state index in [4.69, 9.17) is 4.74 Å². The van der Waals surface area contributed by atoms with E-state index < -0.39 is 6.04 Å². The molecule has 0 aromatic carbocycles. The summed E-state index contributed by atoms with van der Waals surface area (Å²) in [6, 6.07) is 1.54. The highest BCUT2D eigenvalue weighted by molar-refractivity contribution is 5.84. The summed E-state index contributed by atoms with van der Waals surface area (Å²) in [5.74, 6) is 1.09. The minimum atomic E-state index is -0.485. The molecule has 1 amide bonds. The molecule has 2 rings (SSSR count). The second-order valence-corrected chi connectivity index (χ2v) is 8.95. The molecule has 0 bridgehead atoms. The zero-order valence-corrected chi connectivity index (χ0v) is 20.5. The fraction of sp³-hybridized carbons (Fsp3) is 0.680. The van der Waals surface area contributed by atoms with Crippen molar-refractivity contribution >= 4 is 22.9 Å². The van der Waals surface area contributed by atoms with Crippen LogP contribution in [0.5, 0.6) is 0 Å². The number of aryl methyl sites for hydroxylation is 2. The van der Waals surface area contributed by atoms with Crippen LogP contribution in [0.4, 0.5) is 0 Å². The lowest BCUT2D eigenvalue weighted by Crippen LogP contribution is -2.44. The quantitative estimate of drug-likeness (QED) is 0.306. The number of esters is 1. The van der Waals surface area contributed by atoms with E-state index in [1.165, 1.54) is 0 Å². The molecular formula is C25H40N4O3. The zero-order valence-electron chi connectivity index (χ0n) is 20.5. The number of fused-ring (bicyclic) bond motifs is 1. The number of ether oxygens (including phenoxy) is 1. The number of hydrogen-bond donors (Lipinski definition) is 0. The molecule has 0 spiro atoms. The van der Waals surface area contributed by atoms with Crippen molar-refractivity contribution in [3.63, 3.8) is 0 Å². The number of amides is 1. The fourth-order valence-electron chi connectivity index (χ4n) is 4.09. The summed E-state index contributed by atoms with van der Waals surface area (Å²) in [6.07, 6.45) is 11.2. The Kier molecular flexibility index (Phi) is 10.6. The van der Waals surface area contributed by atoms with Crippen molar-refractivity contribution in [1.29, 1.82) is 0 Å². The molecule has 2 aromatic rings. The Morgan fingerprint density at radius 3 is 2.50 bits per heavy atom. The second-order valence-electron chi connectivity index (χ2n) is 8.95. The van der Waals surface area contributed by atoms with Crippen molar-refractivity contribution in [2.45, 2.75) is 91.6 Å². The maximum absolute atomic E-state index is 12.6. The first kappa shape index (κ1) is 25.8. The number of unbranched alkanes of at least 4 members (excludes halogenated alkanes) is 5. The van der Waals surface area contributed by atoms with E-state index in [0.29, 0.717) is 25.4 Å². The Morgan fingerprint density at radius 2 is 1.81 bits per heavy atom. The maximum Gasteiger partial charge on any atom is 0.328 e. The van der Waals surface area contributed by atoms with Gasteiger partial charge in [0.2, 0.25) is 5.91 Å². The third-order valence-corrected chi connectivity index (χ3v) is 5.88. The Hall–Kier alpha value is -2.44. The summed E-state index contributed by atoms with van der Waals surface area (Å²) in [4.78, 5) is 35.1. The monoisotopic (exact) mass is 444 g/mol. The Balaban J connectivity index is 1.64. The van der Waals surface area contributed by atoms with Gasteiger partial charge in [-0.2, -0.15) is 0 Å². The van der Waals surface area contributed by atoms with Gasteiger partial charge in [0.05, 0.1) is 18.3 Å². The van der Waals surface area contributed by atoms with Crippen molar-refractivity contribution in [3.8, 4) is 0 Å². The van der Waals surface area contributed by atoms with E-state index in [9.17, 15) is 9.59 Å². The van der Waals surface area contributed by atoms with Crippen LogP contribution in [0.15, 0.2) is 18.5 Å². The summed E-state index contributed by atoms with van der Waals surface area (Å²) < 4.78 is 7.44. The summed E-state index contributed by atoms with van der Waals surface area (Å²) >= 11 is 0. The second kappa shape index (κ2) is 13.2. The average Bonchev–Trinajstić information content (AvgIpc) is 3.08. The van der Waals surface area contributed by atoms with Crippen molar-refractivity contribution in [2.75, 3.05) is 13.7 Å². The van der Waals surface area contributed by atoms with Gasteiger partial charge in [0.1, 0.15) is 17.4 Å². The first-order chi connectivity index (χ1) is 15.3. The molecular weight excluding hydrogens is 404 g/mol. The molecule has 0 N–H and O–H groups in total. The van der Waals surface area contributed by atoms with Crippen LogP contribution in [0.3, 0.4) is 0 Å². The highest BCUT2D eigenvalue weighted by Crippen LogP contribution is 2.17. The van der Waals surface area contributed by atoms with Gasteiger partial charge in [-0.15, -0.1) is 0 Å². The highest BCUT2D eigenvalue weighted by Gasteiger charge is 2.28. The third-order valence-electron chi connectivity index (χ3n) is 5.88. The van der Waals surface area contributed by atoms with E-state index in [1.54, 1.807) is 18.9 Å². The first-order valence-corrected chi connectivity index (χ1v) is 12.0. The number of imidazole rings is 1. The smallest absolute Gasteiger partial charge is 0.328 e. The van der Waals surface area contributed by atoms with Crippen LogP contribution < -0.4 is 0 Å². The van der Waals surface area contributed by atoms with E-state index in [0.717, 1.165) is 61.9 Å². The predicted octanol–water partition coefficient (Wildman–Crippen LogP) is 4.91. The minimum absolute atomic E-state index is 0.0284. The lowest BCUT2D eigenvalue weighted by molar-refractivity contribution is -0.154. The number of carbonyl (C=O) groups is 2. The molecule has 0 saturated heterocycles. The average molecular weight is 445 g/mol. The number of rotatable bonds is 14. The van der Waals surface area contributed by atoms with Crippen molar-refractivity contribution in [3.05, 3.63) is 24.3 Å². The van der Waals surface area contributed by atoms with Gasteiger partial charge >= 0.3 is 5.97 Å². The predicted molar refractivity (Wildman–Crippen MR) is 127 cm³/mol. The number of likely N-dealkylation sites (N-methyl/N-ethyl adjacent to an activating group) is 1. The molecule has 7 nitrogen and oxygen atoms in total. The number of aromatic nitrogens is 3. The van der Waals surface area contributed by atoms with Crippen LogP contribution in [0.25, 0.3) is 11.0 Å². The Labute approximate surface area is 192 Å². The highest BCUT2D eigenvalue weighted by atomic mass is 16.5. The number of carbonyl (C=O) groups excluding carboxylic acids is 2. The van der Waals surface area contributed by atoms with Gasteiger partial charge < -0.3 is 14.2 Å². The molecule has 178 valence electrons. The standard InChI is InChI=1S/C25H40N4O3/c1-6-32-25(31)23(17-19(2)3)28(5)24(30)13-11-9-7-8-10-12-16-29-20(4)27-21-18-26-15-14-22(21)29/h14-15,18-19,23H,6-13,16-17H2,1-5H3/t23-/m0/s1. The first-order valence-electron chi connectivity index (χ1n) is 12.0.